The van der Waals surface area contributed by atoms with Gasteiger partial charge in [0.2, 0.25) is 0 Å². The molecule has 17 heavy (non-hydrogen) atoms. The second-order valence-corrected chi connectivity index (χ2v) is 5.38. The number of aryl methyl sites for hydroxylation is 2. The first-order chi connectivity index (χ1) is 7.49. The number of hydrogen-bond acceptors (Lipinski definition) is 3. The van der Waals surface area contributed by atoms with E-state index in [0.717, 1.165) is 5.56 Å². The van der Waals surface area contributed by atoms with E-state index in [9.17, 15) is 13.0 Å². The van der Waals surface area contributed by atoms with Gasteiger partial charge in [-0.05, 0) is 30.0 Å². The molecule has 0 saturated heterocycles. The Kier molecular flexibility index (Phi) is 8.33. The third kappa shape index (κ3) is 5.47. The van der Waals surface area contributed by atoms with E-state index < -0.39 is 10.1 Å². The van der Waals surface area contributed by atoms with Crippen LogP contribution in [0, 0.1) is 0 Å². The minimum atomic E-state index is -4.45. The molecule has 7 heteroatoms. The Morgan fingerprint density at radius 1 is 1.12 bits per heavy atom. The maximum atomic E-state index is 11.1. The van der Waals surface area contributed by atoms with Gasteiger partial charge in [0, 0.05) is 11.8 Å². The van der Waals surface area contributed by atoms with Gasteiger partial charge in [-0.1, -0.05) is 12.1 Å². The van der Waals surface area contributed by atoms with Crippen molar-refractivity contribution in [1.29, 1.82) is 0 Å². The van der Waals surface area contributed by atoms with Crippen LogP contribution in [0.25, 0.3) is 0 Å². The van der Waals surface area contributed by atoms with Crippen LogP contribution in [0.1, 0.15) is 11.1 Å². The molecule has 0 aliphatic carbocycles. The van der Waals surface area contributed by atoms with Crippen LogP contribution in [0.15, 0.2) is 23.1 Å². The number of halogens is 2. The summed E-state index contributed by atoms with van der Waals surface area (Å²) in [5.41, 5.74) is 1.20. The molecule has 0 radical (unpaired) electrons. The van der Waals surface area contributed by atoms with Crippen LogP contribution in [0.3, 0.4) is 0 Å². The molecule has 0 aliphatic rings. The van der Waals surface area contributed by atoms with Crippen molar-refractivity contribution in [2.45, 2.75) is 17.7 Å². The Labute approximate surface area is 134 Å². The standard InChI is InChI=1S/C10H12Cl2O3S.Na/c11-5-3-8-1-2-9(4-6-12)10(7-8)16(13,14)15;/h1-2,7H,3-6H2,(H,13,14,15);/q;+1/p-1. The van der Waals surface area contributed by atoms with Gasteiger partial charge in [0.1, 0.15) is 10.1 Å². The number of benzene rings is 1. The number of rotatable bonds is 5. The van der Waals surface area contributed by atoms with E-state index in [1.165, 1.54) is 6.07 Å². The molecule has 1 aromatic carbocycles. The summed E-state index contributed by atoms with van der Waals surface area (Å²) >= 11 is 11.1. The fourth-order valence-corrected chi connectivity index (χ4v) is 2.61. The third-order valence-electron chi connectivity index (χ3n) is 2.15. The molecule has 0 saturated carbocycles. The maximum absolute atomic E-state index is 11.1. The molecule has 0 N–H and O–H groups in total. The number of alkyl halides is 2. The van der Waals surface area contributed by atoms with E-state index in [2.05, 4.69) is 0 Å². The van der Waals surface area contributed by atoms with E-state index in [4.69, 9.17) is 23.2 Å². The molecule has 0 bridgehead atoms. The minimum Gasteiger partial charge on any atom is -0.744 e. The Balaban J connectivity index is 0.00000256. The largest absolute Gasteiger partial charge is 1.00 e. The van der Waals surface area contributed by atoms with Gasteiger partial charge >= 0.3 is 29.6 Å². The van der Waals surface area contributed by atoms with Crippen molar-refractivity contribution in [3.8, 4) is 0 Å². The molecular formula is C10H11Cl2NaO3S. The molecule has 0 atom stereocenters. The van der Waals surface area contributed by atoms with Crippen molar-refractivity contribution in [3.63, 3.8) is 0 Å². The Bertz CT molecular complexity index is 463. The minimum absolute atomic E-state index is 0. The van der Waals surface area contributed by atoms with Crippen LogP contribution in [0.5, 0.6) is 0 Å². The van der Waals surface area contributed by atoms with E-state index in [0.29, 0.717) is 24.3 Å². The van der Waals surface area contributed by atoms with Gasteiger partial charge in [0.25, 0.3) is 0 Å². The van der Waals surface area contributed by atoms with Crippen molar-refractivity contribution in [1.82, 2.24) is 0 Å². The van der Waals surface area contributed by atoms with Crippen LogP contribution in [-0.2, 0) is 23.0 Å². The molecule has 3 nitrogen and oxygen atoms in total. The summed E-state index contributed by atoms with van der Waals surface area (Å²) in [6.45, 7) is 0. The number of hydrogen-bond donors (Lipinski definition) is 0. The SMILES string of the molecule is O=S(=O)([O-])c1cc(CCCl)ccc1CCCl.[Na+]. The average Bonchev–Trinajstić information content (AvgIpc) is 2.19. The molecular weight excluding hydrogens is 294 g/mol. The fraction of sp³-hybridized carbons (Fsp3) is 0.400. The zero-order valence-corrected chi connectivity index (χ0v) is 13.8. The molecule has 0 fully saturated rings. The molecule has 0 heterocycles. The van der Waals surface area contributed by atoms with E-state index in [-0.39, 0.29) is 40.3 Å². The fourth-order valence-electron chi connectivity index (χ4n) is 1.40. The van der Waals surface area contributed by atoms with Crippen LogP contribution in [0.4, 0.5) is 0 Å². The first-order valence-corrected chi connectivity index (χ1v) is 7.16. The van der Waals surface area contributed by atoms with Gasteiger partial charge in [-0.2, -0.15) is 0 Å². The smallest absolute Gasteiger partial charge is 0.744 e. The summed E-state index contributed by atoms with van der Waals surface area (Å²) in [7, 11) is -4.45. The van der Waals surface area contributed by atoms with Crippen LogP contribution in [-0.4, -0.2) is 24.7 Å². The second kappa shape index (κ2) is 8.00. The Morgan fingerprint density at radius 3 is 2.18 bits per heavy atom. The van der Waals surface area contributed by atoms with Gasteiger partial charge in [0.05, 0.1) is 4.90 Å². The van der Waals surface area contributed by atoms with Crippen LogP contribution < -0.4 is 29.6 Å². The van der Waals surface area contributed by atoms with Gasteiger partial charge < -0.3 is 4.55 Å². The quantitative estimate of drug-likeness (QED) is 0.405. The summed E-state index contributed by atoms with van der Waals surface area (Å²) in [6.07, 6.45) is 0.894. The van der Waals surface area contributed by atoms with Crippen molar-refractivity contribution in [3.05, 3.63) is 29.3 Å². The Morgan fingerprint density at radius 2 is 1.71 bits per heavy atom. The molecule has 0 unspecified atom stereocenters. The van der Waals surface area contributed by atoms with Gasteiger partial charge in [-0.25, -0.2) is 8.42 Å². The van der Waals surface area contributed by atoms with E-state index in [1.807, 2.05) is 0 Å². The molecule has 0 aromatic heterocycles. The molecule has 1 rings (SSSR count). The monoisotopic (exact) mass is 304 g/mol. The van der Waals surface area contributed by atoms with Gasteiger partial charge in [-0.15, -0.1) is 23.2 Å². The summed E-state index contributed by atoms with van der Waals surface area (Å²) in [5.74, 6) is 0.657. The predicted molar refractivity (Wildman–Crippen MR) is 63.3 cm³/mol. The van der Waals surface area contributed by atoms with Crippen molar-refractivity contribution in [2.24, 2.45) is 0 Å². The Hall–Kier alpha value is 0.710. The van der Waals surface area contributed by atoms with Gasteiger partial charge in [0.15, 0.2) is 0 Å². The van der Waals surface area contributed by atoms with Crippen LogP contribution in [0.2, 0.25) is 0 Å². The first kappa shape index (κ1) is 17.7. The average molecular weight is 305 g/mol. The summed E-state index contributed by atoms with van der Waals surface area (Å²) in [6, 6.07) is 4.76. The maximum Gasteiger partial charge on any atom is 1.00 e. The molecule has 0 amide bonds. The van der Waals surface area contributed by atoms with Crippen LogP contribution >= 0.6 is 23.2 Å². The third-order valence-corrected chi connectivity index (χ3v) is 3.44. The second-order valence-electron chi connectivity index (χ2n) is 3.27. The van der Waals surface area contributed by atoms with E-state index >= 15 is 0 Å². The topological polar surface area (TPSA) is 57.2 Å². The van der Waals surface area contributed by atoms with Crippen molar-refractivity contribution >= 4 is 33.3 Å². The molecule has 0 spiro atoms. The first-order valence-electron chi connectivity index (χ1n) is 4.68. The van der Waals surface area contributed by atoms with Crippen molar-refractivity contribution < 1.29 is 42.5 Å². The zero-order valence-electron chi connectivity index (χ0n) is 9.45. The molecule has 90 valence electrons. The summed E-state index contributed by atoms with van der Waals surface area (Å²) < 4.78 is 33.2. The normalized spacial score (nSPS) is 11.0. The van der Waals surface area contributed by atoms with E-state index in [1.54, 1.807) is 12.1 Å². The summed E-state index contributed by atoms with van der Waals surface area (Å²) in [4.78, 5) is -0.184. The van der Waals surface area contributed by atoms with Crippen molar-refractivity contribution in [2.75, 3.05) is 11.8 Å². The predicted octanol–water partition coefficient (Wildman–Crippen LogP) is -0.843. The molecule has 1 aromatic rings. The summed E-state index contributed by atoms with van der Waals surface area (Å²) in [5, 5.41) is 0. The van der Waals surface area contributed by atoms with Gasteiger partial charge in [-0.3, -0.25) is 0 Å². The molecule has 0 aliphatic heterocycles. The zero-order chi connectivity index (χ0) is 12.2.